The number of carbonyl (C=O) groups excluding carboxylic acids is 1. The van der Waals surface area contributed by atoms with Crippen LogP contribution in [0.4, 0.5) is 0 Å². The fraction of sp³-hybridized carbons (Fsp3) is 0.333. The number of fused-ring (bicyclic) bond motifs is 3. The number of hydrogen-bond donors (Lipinski definition) is 1. The van der Waals surface area contributed by atoms with E-state index in [1.807, 2.05) is 12.3 Å². The van der Waals surface area contributed by atoms with Gasteiger partial charge in [0.1, 0.15) is 0 Å². The molecule has 0 saturated carbocycles. The molecular weight excluding hydrogens is 417 g/mol. The quantitative estimate of drug-likeness (QED) is 0.518. The van der Waals surface area contributed by atoms with Crippen LogP contribution in [0.3, 0.4) is 0 Å². The largest absolute Gasteiger partial charge is 1.00 e. The van der Waals surface area contributed by atoms with Gasteiger partial charge < -0.3 is 19.9 Å². The van der Waals surface area contributed by atoms with Crippen LogP contribution in [0.5, 0.6) is 17.2 Å². The standard InChI is InChI=1S/C21H23NO5S.K/c1-11(23)22-15-7-5-12-9-17(25)20(26-2)21(27-3)19(12)13-6-8-18(28-4)16(24)10-14(13)15;/h6,8-10,15,25H,5,7H2,1-4H3,(H,22,23);/q;+1/p-1/t15-;/m0./s1. The first kappa shape index (κ1) is 24.2. The van der Waals surface area contributed by atoms with Gasteiger partial charge in [-0.15, -0.1) is 11.8 Å². The number of amides is 1. The third kappa shape index (κ3) is 4.83. The van der Waals surface area contributed by atoms with Crippen molar-refractivity contribution < 1.29 is 70.8 Å². The summed E-state index contributed by atoms with van der Waals surface area (Å²) in [4.78, 5) is 25.1. The molecule has 6 nitrogen and oxygen atoms in total. The van der Waals surface area contributed by atoms with E-state index < -0.39 is 0 Å². The van der Waals surface area contributed by atoms with Crippen molar-refractivity contribution in [3.05, 3.63) is 45.6 Å². The van der Waals surface area contributed by atoms with Crippen molar-refractivity contribution in [3.8, 4) is 28.4 Å². The van der Waals surface area contributed by atoms with E-state index in [1.165, 1.54) is 32.9 Å². The number of benzene rings is 1. The zero-order valence-corrected chi connectivity index (χ0v) is 21.2. The molecule has 0 radical (unpaired) electrons. The summed E-state index contributed by atoms with van der Waals surface area (Å²) in [6.45, 7) is 1.45. The summed E-state index contributed by atoms with van der Waals surface area (Å²) in [5.41, 5.74) is 2.88. The van der Waals surface area contributed by atoms with Gasteiger partial charge in [0.05, 0.1) is 25.2 Å². The van der Waals surface area contributed by atoms with Crippen LogP contribution in [-0.4, -0.2) is 26.4 Å². The first-order chi connectivity index (χ1) is 13.4. The molecule has 0 aromatic heterocycles. The average molecular weight is 440 g/mol. The summed E-state index contributed by atoms with van der Waals surface area (Å²) in [5.74, 6) is 0.0375. The summed E-state index contributed by atoms with van der Waals surface area (Å²) in [7, 11) is 2.92. The Hall–Kier alpha value is -1.03. The van der Waals surface area contributed by atoms with Gasteiger partial charge in [0.25, 0.3) is 0 Å². The molecule has 0 heterocycles. The van der Waals surface area contributed by atoms with E-state index in [2.05, 4.69) is 5.32 Å². The van der Waals surface area contributed by atoms with Gasteiger partial charge in [-0.1, -0.05) is 17.9 Å². The van der Waals surface area contributed by atoms with Crippen LogP contribution in [0, 0.1) is 0 Å². The zero-order chi connectivity index (χ0) is 20.4. The average Bonchev–Trinajstić information content (AvgIpc) is 2.89. The van der Waals surface area contributed by atoms with Gasteiger partial charge in [0.15, 0.2) is 16.9 Å². The molecule has 148 valence electrons. The Balaban J connectivity index is 0.00000300. The molecule has 29 heavy (non-hydrogen) atoms. The summed E-state index contributed by atoms with van der Waals surface area (Å²) in [6.07, 6.45) is 2.96. The van der Waals surface area contributed by atoms with Crippen LogP contribution >= 0.6 is 11.8 Å². The molecule has 1 aliphatic carbocycles. The zero-order valence-electron chi connectivity index (χ0n) is 17.3. The van der Waals surface area contributed by atoms with E-state index in [4.69, 9.17) is 9.47 Å². The molecule has 0 aliphatic heterocycles. The number of nitrogens with one attached hydrogen (secondary N) is 1. The maximum Gasteiger partial charge on any atom is 1.00 e. The minimum Gasteiger partial charge on any atom is -0.870 e. The number of methoxy groups -OCH3 is 2. The van der Waals surface area contributed by atoms with E-state index >= 15 is 0 Å². The van der Waals surface area contributed by atoms with E-state index in [0.29, 0.717) is 29.1 Å². The molecule has 1 aliphatic rings. The van der Waals surface area contributed by atoms with Gasteiger partial charge >= 0.3 is 51.4 Å². The van der Waals surface area contributed by atoms with Crippen LogP contribution < -0.4 is 76.7 Å². The van der Waals surface area contributed by atoms with Crippen LogP contribution in [0.15, 0.2) is 34.0 Å². The van der Waals surface area contributed by atoms with Crippen molar-refractivity contribution in [3.63, 3.8) is 0 Å². The Morgan fingerprint density at radius 2 is 1.90 bits per heavy atom. The van der Waals surface area contributed by atoms with Crippen LogP contribution in [0.1, 0.15) is 30.5 Å². The second-order valence-corrected chi connectivity index (χ2v) is 7.39. The molecule has 0 unspecified atom stereocenters. The number of rotatable bonds is 4. The molecule has 8 heteroatoms. The molecule has 0 fully saturated rings. The summed E-state index contributed by atoms with van der Waals surface area (Å²) >= 11 is 1.36. The molecule has 0 saturated heterocycles. The predicted molar refractivity (Wildman–Crippen MR) is 107 cm³/mol. The van der Waals surface area contributed by atoms with Crippen LogP contribution in [0.25, 0.3) is 11.1 Å². The monoisotopic (exact) mass is 439 g/mol. The van der Waals surface area contributed by atoms with E-state index in [1.54, 1.807) is 18.2 Å². The number of aryl methyl sites for hydroxylation is 1. The van der Waals surface area contributed by atoms with Crippen molar-refractivity contribution in [1.82, 2.24) is 5.32 Å². The predicted octanol–water partition coefficient (Wildman–Crippen LogP) is -0.346. The fourth-order valence-electron chi connectivity index (χ4n) is 3.71. The Morgan fingerprint density at radius 3 is 2.48 bits per heavy atom. The second-order valence-electron chi connectivity index (χ2n) is 6.55. The van der Waals surface area contributed by atoms with Crippen molar-refractivity contribution in [2.75, 3.05) is 20.5 Å². The third-order valence-corrected chi connectivity index (χ3v) is 5.66. The van der Waals surface area contributed by atoms with E-state index in [-0.39, 0.29) is 80.3 Å². The van der Waals surface area contributed by atoms with Gasteiger partial charge in [-0.2, -0.15) is 0 Å². The van der Waals surface area contributed by atoms with Gasteiger partial charge in [0, 0.05) is 12.5 Å². The number of ether oxygens (including phenoxy) is 2. The third-order valence-electron chi connectivity index (χ3n) is 4.88. The normalized spacial score (nSPS) is 14.6. The molecule has 2 aromatic carbocycles. The Bertz CT molecular complexity index is 996. The molecule has 1 amide bonds. The molecule has 2 aromatic rings. The van der Waals surface area contributed by atoms with E-state index in [0.717, 1.165) is 16.7 Å². The van der Waals surface area contributed by atoms with Gasteiger partial charge in [-0.25, -0.2) is 0 Å². The first-order valence-corrected chi connectivity index (χ1v) is 10.1. The summed E-state index contributed by atoms with van der Waals surface area (Å²) < 4.78 is 10.9. The maximum absolute atomic E-state index is 12.7. The van der Waals surface area contributed by atoms with Crippen molar-refractivity contribution in [2.45, 2.75) is 30.7 Å². The minimum atomic E-state index is -0.347. The van der Waals surface area contributed by atoms with Crippen LogP contribution in [-0.2, 0) is 11.2 Å². The maximum atomic E-state index is 12.7. The number of hydrogen-bond acceptors (Lipinski definition) is 6. The molecule has 1 atom stereocenters. The smallest absolute Gasteiger partial charge is 0.870 e. The summed E-state index contributed by atoms with van der Waals surface area (Å²) in [6, 6.07) is 6.41. The number of thioether (sulfide) groups is 1. The number of carbonyl (C=O) groups is 1. The molecule has 0 spiro atoms. The minimum absolute atomic E-state index is 0. The fourth-order valence-corrected chi connectivity index (χ4v) is 4.17. The molecule has 0 bridgehead atoms. The Kier molecular flexibility index (Phi) is 8.63. The summed E-state index contributed by atoms with van der Waals surface area (Å²) in [5, 5.41) is 15.4. The molecule has 3 rings (SSSR count). The Labute approximate surface area is 216 Å². The van der Waals surface area contributed by atoms with Crippen molar-refractivity contribution >= 4 is 17.7 Å². The van der Waals surface area contributed by atoms with Gasteiger partial charge in [-0.05, 0) is 47.9 Å². The topological polar surface area (TPSA) is 87.7 Å². The van der Waals surface area contributed by atoms with E-state index in [9.17, 15) is 14.7 Å². The van der Waals surface area contributed by atoms with Crippen LogP contribution in [0.2, 0.25) is 0 Å². The Morgan fingerprint density at radius 1 is 1.21 bits per heavy atom. The van der Waals surface area contributed by atoms with Crippen molar-refractivity contribution in [1.29, 1.82) is 0 Å². The molecule has 1 N–H and O–H groups in total. The molecular formula is C21H22KNO5S. The SMILES string of the molecule is COc1c([O-])cc2c(c1OC)-c1ccc(SC)c(=O)cc1[C@@H](NC(C)=O)CC2.[K+]. The van der Waals surface area contributed by atoms with Gasteiger partial charge in [0.2, 0.25) is 5.91 Å². The second kappa shape index (κ2) is 10.3. The van der Waals surface area contributed by atoms with Crippen molar-refractivity contribution in [2.24, 2.45) is 0 Å². The first-order valence-electron chi connectivity index (χ1n) is 8.85. The van der Waals surface area contributed by atoms with Gasteiger partial charge in [-0.3, -0.25) is 9.59 Å².